The van der Waals surface area contributed by atoms with Crippen molar-refractivity contribution in [2.75, 3.05) is 26.9 Å². The molecule has 1 aliphatic rings. The van der Waals surface area contributed by atoms with Gasteiger partial charge in [0.15, 0.2) is 0 Å². The minimum Gasteiger partial charge on any atom is -0.381 e. The van der Waals surface area contributed by atoms with Crippen LogP contribution in [0, 0.1) is 5.92 Å². The van der Waals surface area contributed by atoms with E-state index in [9.17, 15) is 0 Å². The number of hydrogen-bond acceptors (Lipinski definition) is 3. The zero-order chi connectivity index (χ0) is 13.4. The lowest BCUT2D eigenvalue weighted by Gasteiger charge is -2.46. The van der Waals surface area contributed by atoms with Gasteiger partial charge in [0.2, 0.25) is 0 Å². The molecule has 1 unspecified atom stereocenters. The Hall–Kier alpha value is -0.120. The summed E-state index contributed by atoms with van der Waals surface area (Å²) in [5.41, 5.74) is -0.0237. The fraction of sp³-hybridized carbons (Fsp3) is 1.00. The molecule has 1 saturated heterocycles. The molecule has 0 aromatic carbocycles. The summed E-state index contributed by atoms with van der Waals surface area (Å²) in [5, 5.41) is 3.75. The molecule has 0 aliphatic carbocycles. The van der Waals surface area contributed by atoms with Gasteiger partial charge in [-0.25, -0.2) is 0 Å². The molecule has 3 heteroatoms. The zero-order valence-corrected chi connectivity index (χ0v) is 12.6. The topological polar surface area (TPSA) is 30.5 Å². The summed E-state index contributed by atoms with van der Waals surface area (Å²) < 4.78 is 11.5. The van der Waals surface area contributed by atoms with Crippen LogP contribution in [0.3, 0.4) is 0 Å². The van der Waals surface area contributed by atoms with Crippen LogP contribution in [0.5, 0.6) is 0 Å². The molecule has 1 rings (SSSR count). The third-order valence-corrected chi connectivity index (χ3v) is 4.45. The van der Waals surface area contributed by atoms with Crippen LogP contribution < -0.4 is 5.32 Å². The lowest BCUT2D eigenvalue weighted by molar-refractivity contribution is -0.121. The smallest absolute Gasteiger partial charge is 0.0877 e. The van der Waals surface area contributed by atoms with Crippen molar-refractivity contribution in [1.82, 2.24) is 5.32 Å². The molecule has 1 heterocycles. The van der Waals surface area contributed by atoms with Crippen molar-refractivity contribution in [3.8, 4) is 0 Å². The predicted molar refractivity (Wildman–Crippen MR) is 75.9 cm³/mol. The molecule has 1 aliphatic heterocycles. The summed E-state index contributed by atoms with van der Waals surface area (Å²) in [6, 6.07) is 0.460. The van der Waals surface area contributed by atoms with Crippen molar-refractivity contribution in [3.05, 3.63) is 0 Å². The van der Waals surface area contributed by atoms with Crippen molar-refractivity contribution < 1.29 is 9.47 Å². The molecule has 0 radical (unpaired) electrons. The second kappa shape index (κ2) is 8.13. The standard InChI is InChI=1S/C15H31NO2/c1-5-10-16-14(13(6-2)7-3)15(17-4)8-11-18-12-9-15/h13-14,16H,5-12H2,1-4H3. The van der Waals surface area contributed by atoms with Gasteiger partial charge in [0, 0.05) is 39.2 Å². The fourth-order valence-electron chi connectivity index (χ4n) is 3.20. The Kier molecular flexibility index (Phi) is 7.20. The largest absolute Gasteiger partial charge is 0.381 e. The van der Waals surface area contributed by atoms with Gasteiger partial charge in [0.1, 0.15) is 0 Å². The third kappa shape index (κ3) is 3.69. The molecule has 0 aromatic heterocycles. The average Bonchev–Trinajstić information content (AvgIpc) is 2.44. The second-order valence-electron chi connectivity index (χ2n) is 5.39. The molecule has 0 bridgehead atoms. The zero-order valence-electron chi connectivity index (χ0n) is 12.6. The van der Waals surface area contributed by atoms with E-state index >= 15 is 0 Å². The van der Waals surface area contributed by atoms with E-state index in [1.54, 1.807) is 0 Å². The number of ether oxygens (including phenoxy) is 2. The Labute approximate surface area is 113 Å². The summed E-state index contributed by atoms with van der Waals surface area (Å²) in [6.45, 7) is 9.54. The molecule has 0 spiro atoms. The molecule has 108 valence electrons. The Balaban J connectivity index is 2.82. The molecular weight excluding hydrogens is 226 g/mol. The van der Waals surface area contributed by atoms with Crippen LogP contribution in [-0.2, 0) is 9.47 Å². The van der Waals surface area contributed by atoms with E-state index in [1.807, 2.05) is 7.11 Å². The van der Waals surface area contributed by atoms with E-state index < -0.39 is 0 Å². The highest BCUT2D eigenvalue weighted by atomic mass is 16.5. The van der Waals surface area contributed by atoms with E-state index in [0.717, 1.165) is 32.6 Å². The number of nitrogens with one attached hydrogen (secondary N) is 1. The predicted octanol–water partition coefficient (Wildman–Crippen LogP) is 2.99. The minimum absolute atomic E-state index is 0.0237. The van der Waals surface area contributed by atoms with E-state index in [1.165, 1.54) is 19.3 Å². The number of rotatable bonds is 8. The van der Waals surface area contributed by atoms with E-state index in [2.05, 4.69) is 26.1 Å². The maximum Gasteiger partial charge on any atom is 0.0877 e. The first-order chi connectivity index (χ1) is 8.74. The Bertz CT molecular complexity index is 211. The van der Waals surface area contributed by atoms with Crippen molar-refractivity contribution >= 4 is 0 Å². The lowest BCUT2D eigenvalue weighted by Crippen LogP contribution is -2.58. The van der Waals surface area contributed by atoms with Crippen molar-refractivity contribution in [2.24, 2.45) is 5.92 Å². The summed E-state index contributed by atoms with van der Waals surface area (Å²) in [7, 11) is 1.87. The molecule has 0 amide bonds. The van der Waals surface area contributed by atoms with Gasteiger partial charge in [-0.05, 0) is 18.9 Å². The van der Waals surface area contributed by atoms with Gasteiger partial charge in [0.05, 0.1) is 5.60 Å². The second-order valence-corrected chi connectivity index (χ2v) is 5.39. The Morgan fingerprint density at radius 1 is 1.17 bits per heavy atom. The summed E-state index contributed by atoms with van der Waals surface area (Å²) in [6.07, 6.45) is 5.63. The highest BCUT2D eigenvalue weighted by Gasteiger charge is 2.43. The Morgan fingerprint density at radius 3 is 2.22 bits per heavy atom. The third-order valence-electron chi connectivity index (χ3n) is 4.45. The number of methoxy groups -OCH3 is 1. The van der Waals surface area contributed by atoms with Gasteiger partial charge in [0.25, 0.3) is 0 Å². The van der Waals surface area contributed by atoms with Gasteiger partial charge in [-0.1, -0.05) is 33.6 Å². The molecule has 1 fully saturated rings. The molecule has 1 N–H and O–H groups in total. The van der Waals surface area contributed by atoms with Crippen molar-refractivity contribution in [3.63, 3.8) is 0 Å². The Morgan fingerprint density at radius 2 is 1.78 bits per heavy atom. The maximum atomic E-state index is 5.98. The first-order valence-corrected chi connectivity index (χ1v) is 7.60. The summed E-state index contributed by atoms with van der Waals surface area (Å²) >= 11 is 0. The highest BCUT2D eigenvalue weighted by molar-refractivity contribution is 4.97. The first kappa shape index (κ1) is 15.9. The molecule has 1 atom stereocenters. The van der Waals surface area contributed by atoms with Crippen LogP contribution in [0.1, 0.15) is 52.9 Å². The SMILES string of the molecule is CCCNC(C(CC)CC)C1(OC)CCOCC1. The van der Waals surface area contributed by atoms with Crippen LogP contribution in [0.15, 0.2) is 0 Å². The number of hydrogen-bond donors (Lipinski definition) is 1. The van der Waals surface area contributed by atoms with Gasteiger partial charge >= 0.3 is 0 Å². The van der Waals surface area contributed by atoms with Gasteiger partial charge in [-0.3, -0.25) is 0 Å². The van der Waals surface area contributed by atoms with E-state index in [0.29, 0.717) is 12.0 Å². The minimum atomic E-state index is -0.0237. The first-order valence-electron chi connectivity index (χ1n) is 7.60. The van der Waals surface area contributed by atoms with Crippen LogP contribution in [0.4, 0.5) is 0 Å². The van der Waals surface area contributed by atoms with Gasteiger partial charge < -0.3 is 14.8 Å². The van der Waals surface area contributed by atoms with Crippen LogP contribution in [0.25, 0.3) is 0 Å². The van der Waals surface area contributed by atoms with Gasteiger partial charge in [-0.15, -0.1) is 0 Å². The highest BCUT2D eigenvalue weighted by Crippen LogP contribution is 2.34. The molecule has 0 saturated carbocycles. The lowest BCUT2D eigenvalue weighted by atomic mass is 9.77. The summed E-state index contributed by atoms with van der Waals surface area (Å²) in [4.78, 5) is 0. The van der Waals surface area contributed by atoms with E-state index in [-0.39, 0.29) is 5.60 Å². The monoisotopic (exact) mass is 257 g/mol. The average molecular weight is 257 g/mol. The maximum absolute atomic E-state index is 5.98. The van der Waals surface area contributed by atoms with Crippen LogP contribution >= 0.6 is 0 Å². The summed E-state index contributed by atoms with van der Waals surface area (Å²) in [5.74, 6) is 0.689. The van der Waals surface area contributed by atoms with Crippen LogP contribution in [-0.4, -0.2) is 38.5 Å². The molecular formula is C15H31NO2. The van der Waals surface area contributed by atoms with Crippen molar-refractivity contribution in [2.45, 2.75) is 64.5 Å². The molecule has 18 heavy (non-hydrogen) atoms. The quantitative estimate of drug-likeness (QED) is 0.725. The van der Waals surface area contributed by atoms with Crippen LogP contribution in [0.2, 0.25) is 0 Å². The van der Waals surface area contributed by atoms with Gasteiger partial charge in [-0.2, -0.15) is 0 Å². The molecule has 3 nitrogen and oxygen atoms in total. The fourth-order valence-corrected chi connectivity index (χ4v) is 3.20. The van der Waals surface area contributed by atoms with E-state index in [4.69, 9.17) is 9.47 Å². The van der Waals surface area contributed by atoms with Crippen molar-refractivity contribution in [1.29, 1.82) is 0 Å². The molecule has 0 aromatic rings. The normalized spacial score (nSPS) is 21.2.